The van der Waals surface area contributed by atoms with E-state index < -0.39 is 5.97 Å². The third-order valence-corrected chi connectivity index (χ3v) is 5.56. The van der Waals surface area contributed by atoms with Crippen molar-refractivity contribution in [2.45, 2.75) is 11.6 Å². The molecule has 150 valence electrons. The molecule has 1 aromatic heterocycles. The van der Waals surface area contributed by atoms with E-state index in [4.69, 9.17) is 27.9 Å². The molecule has 0 N–H and O–H groups in total. The molecule has 0 aliphatic carbocycles. The van der Waals surface area contributed by atoms with Crippen LogP contribution in [0.1, 0.15) is 5.56 Å². The van der Waals surface area contributed by atoms with Crippen LogP contribution in [-0.4, -0.2) is 46.2 Å². The van der Waals surface area contributed by atoms with Crippen LogP contribution in [0.2, 0.25) is 10.0 Å². The molecule has 0 aliphatic rings. The van der Waals surface area contributed by atoms with Gasteiger partial charge in [0.2, 0.25) is 0 Å². The molecule has 0 unspecified atom stereocenters. The van der Waals surface area contributed by atoms with E-state index >= 15 is 0 Å². The standard InChI is InChI=1S/C20H17Cl2N3O3S/c1-25(10-13-6-7-14(21)15(22)8-13)19(26)11-28-20(27)12-29-18-9-23-16-4-2-3-5-17(16)24-18/h2-9H,10-12H2,1H3. The van der Waals surface area contributed by atoms with Gasteiger partial charge >= 0.3 is 5.97 Å². The van der Waals surface area contributed by atoms with Crippen LogP contribution in [0.5, 0.6) is 0 Å². The minimum atomic E-state index is -0.499. The van der Waals surface area contributed by atoms with E-state index in [0.29, 0.717) is 21.6 Å². The number of nitrogens with zero attached hydrogens (tertiary/aromatic N) is 3. The SMILES string of the molecule is CN(Cc1ccc(Cl)c(Cl)c1)C(=O)COC(=O)CSc1cnc2ccccc2n1. The Morgan fingerprint density at radius 3 is 2.62 bits per heavy atom. The number of likely N-dealkylation sites (N-methyl/N-ethyl adjacent to an activating group) is 1. The molecular formula is C20H17Cl2N3O3S. The summed E-state index contributed by atoms with van der Waals surface area (Å²) in [6.07, 6.45) is 1.61. The number of hydrogen-bond acceptors (Lipinski definition) is 6. The Kier molecular flexibility index (Phi) is 7.30. The number of rotatable bonds is 7. The highest BCUT2D eigenvalue weighted by atomic mass is 35.5. The zero-order chi connectivity index (χ0) is 20.8. The van der Waals surface area contributed by atoms with Crippen molar-refractivity contribution >= 4 is 57.9 Å². The first-order valence-electron chi connectivity index (χ1n) is 8.60. The van der Waals surface area contributed by atoms with Crippen LogP contribution >= 0.6 is 35.0 Å². The summed E-state index contributed by atoms with van der Waals surface area (Å²) in [7, 11) is 1.62. The number of benzene rings is 2. The Balaban J connectivity index is 1.45. The predicted molar refractivity (Wildman–Crippen MR) is 114 cm³/mol. The first-order chi connectivity index (χ1) is 13.9. The molecule has 0 atom stereocenters. The maximum absolute atomic E-state index is 12.2. The second-order valence-electron chi connectivity index (χ2n) is 6.14. The van der Waals surface area contributed by atoms with Gasteiger partial charge in [-0.15, -0.1) is 0 Å². The van der Waals surface area contributed by atoms with Crippen molar-refractivity contribution in [1.29, 1.82) is 0 Å². The van der Waals surface area contributed by atoms with E-state index in [0.717, 1.165) is 16.6 Å². The van der Waals surface area contributed by atoms with Gasteiger partial charge in [-0.3, -0.25) is 14.6 Å². The summed E-state index contributed by atoms with van der Waals surface area (Å²) >= 11 is 13.1. The van der Waals surface area contributed by atoms with Gasteiger partial charge in [0.1, 0.15) is 5.03 Å². The lowest BCUT2D eigenvalue weighted by molar-refractivity contribution is -0.149. The van der Waals surface area contributed by atoms with Gasteiger partial charge in [-0.25, -0.2) is 4.98 Å². The molecule has 3 rings (SSSR count). The Bertz CT molecular complexity index is 1050. The quantitative estimate of drug-likeness (QED) is 0.396. The van der Waals surface area contributed by atoms with Crippen molar-refractivity contribution in [3.63, 3.8) is 0 Å². The van der Waals surface area contributed by atoms with E-state index in [1.807, 2.05) is 24.3 Å². The van der Waals surface area contributed by atoms with E-state index in [1.54, 1.807) is 31.4 Å². The number of aromatic nitrogens is 2. The Hall–Kier alpha value is -2.35. The second kappa shape index (κ2) is 9.91. The van der Waals surface area contributed by atoms with Crippen LogP contribution in [0.3, 0.4) is 0 Å². The van der Waals surface area contributed by atoms with Gasteiger partial charge in [0.15, 0.2) is 6.61 Å². The highest BCUT2D eigenvalue weighted by Crippen LogP contribution is 2.23. The molecule has 0 bridgehead atoms. The molecule has 9 heteroatoms. The summed E-state index contributed by atoms with van der Waals surface area (Å²) in [5.41, 5.74) is 2.37. The lowest BCUT2D eigenvalue weighted by Gasteiger charge is -2.17. The molecule has 3 aromatic rings. The summed E-state index contributed by atoms with van der Waals surface area (Å²) in [5, 5.41) is 1.49. The molecule has 0 radical (unpaired) electrons. The summed E-state index contributed by atoms with van der Waals surface area (Å²) in [6, 6.07) is 12.6. The van der Waals surface area contributed by atoms with Gasteiger partial charge in [-0.1, -0.05) is 53.2 Å². The smallest absolute Gasteiger partial charge is 0.316 e. The molecular weight excluding hydrogens is 433 g/mol. The number of esters is 1. The molecule has 29 heavy (non-hydrogen) atoms. The average molecular weight is 450 g/mol. The maximum atomic E-state index is 12.2. The van der Waals surface area contributed by atoms with Gasteiger partial charge in [0.25, 0.3) is 5.91 Å². The number of para-hydroxylation sites is 2. The lowest BCUT2D eigenvalue weighted by atomic mass is 10.2. The molecule has 0 spiro atoms. The molecule has 0 saturated heterocycles. The second-order valence-corrected chi connectivity index (χ2v) is 7.95. The first-order valence-corrected chi connectivity index (χ1v) is 10.3. The zero-order valence-electron chi connectivity index (χ0n) is 15.5. The molecule has 0 fully saturated rings. The van der Waals surface area contributed by atoms with Gasteiger partial charge in [0.05, 0.1) is 33.0 Å². The Morgan fingerprint density at radius 2 is 1.86 bits per heavy atom. The fraction of sp³-hybridized carbons (Fsp3) is 0.200. The van der Waals surface area contributed by atoms with Gasteiger partial charge in [0, 0.05) is 13.6 Å². The number of amides is 1. The molecule has 0 aliphatic heterocycles. The van der Waals surface area contributed by atoms with Crippen molar-refractivity contribution in [3.8, 4) is 0 Å². The first kappa shape index (κ1) is 21.4. The summed E-state index contributed by atoms with van der Waals surface area (Å²) in [4.78, 5) is 34.3. The highest BCUT2D eigenvalue weighted by molar-refractivity contribution is 7.99. The molecule has 6 nitrogen and oxygen atoms in total. The minimum Gasteiger partial charge on any atom is -0.455 e. The summed E-state index contributed by atoms with van der Waals surface area (Å²) in [6.45, 7) is -0.00465. The fourth-order valence-electron chi connectivity index (χ4n) is 2.44. The number of fused-ring (bicyclic) bond motifs is 1. The lowest BCUT2D eigenvalue weighted by Crippen LogP contribution is -2.31. The monoisotopic (exact) mass is 449 g/mol. The van der Waals surface area contributed by atoms with E-state index in [-0.39, 0.29) is 18.3 Å². The van der Waals surface area contributed by atoms with Crippen molar-refractivity contribution in [2.75, 3.05) is 19.4 Å². The minimum absolute atomic E-state index is 0.0385. The number of carbonyl (C=O) groups excluding carboxylic acids is 2. The van der Waals surface area contributed by atoms with E-state index in [2.05, 4.69) is 9.97 Å². The normalized spacial score (nSPS) is 10.7. The third kappa shape index (κ3) is 6.06. The van der Waals surface area contributed by atoms with Gasteiger partial charge < -0.3 is 9.64 Å². The van der Waals surface area contributed by atoms with Crippen molar-refractivity contribution < 1.29 is 14.3 Å². The van der Waals surface area contributed by atoms with Crippen molar-refractivity contribution in [3.05, 3.63) is 64.3 Å². The molecule has 1 amide bonds. The number of ether oxygens (including phenoxy) is 1. The fourth-order valence-corrected chi connectivity index (χ4v) is 3.40. The van der Waals surface area contributed by atoms with Crippen LogP contribution in [0.25, 0.3) is 11.0 Å². The van der Waals surface area contributed by atoms with Gasteiger partial charge in [-0.2, -0.15) is 0 Å². The van der Waals surface area contributed by atoms with Crippen molar-refractivity contribution in [2.24, 2.45) is 0 Å². The van der Waals surface area contributed by atoms with Crippen LogP contribution in [0, 0.1) is 0 Å². The van der Waals surface area contributed by atoms with Crippen LogP contribution in [-0.2, 0) is 20.9 Å². The van der Waals surface area contributed by atoms with Crippen LogP contribution in [0.15, 0.2) is 53.7 Å². The van der Waals surface area contributed by atoms with Gasteiger partial charge in [-0.05, 0) is 29.8 Å². The average Bonchev–Trinajstić information content (AvgIpc) is 2.72. The highest BCUT2D eigenvalue weighted by Gasteiger charge is 2.14. The predicted octanol–water partition coefficient (Wildman–Crippen LogP) is 4.23. The molecule has 1 heterocycles. The summed E-state index contributed by atoms with van der Waals surface area (Å²) < 4.78 is 5.07. The number of carbonyl (C=O) groups is 2. The summed E-state index contributed by atoms with van der Waals surface area (Å²) in [5.74, 6) is -0.780. The Morgan fingerprint density at radius 1 is 1.10 bits per heavy atom. The largest absolute Gasteiger partial charge is 0.455 e. The van der Waals surface area contributed by atoms with Crippen molar-refractivity contribution in [1.82, 2.24) is 14.9 Å². The zero-order valence-corrected chi connectivity index (χ0v) is 17.8. The van der Waals surface area contributed by atoms with Crippen LogP contribution in [0.4, 0.5) is 0 Å². The number of halogens is 2. The molecule has 0 saturated carbocycles. The van der Waals surface area contributed by atoms with Crippen LogP contribution < -0.4 is 0 Å². The number of hydrogen-bond donors (Lipinski definition) is 0. The third-order valence-electron chi connectivity index (χ3n) is 3.95. The van der Waals surface area contributed by atoms with E-state index in [9.17, 15) is 9.59 Å². The van der Waals surface area contributed by atoms with E-state index in [1.165, 1.54) is 16.7 Å². The topological polar surface area (TPSA) is 72.4 Å². The molecule has 2 aromatic carbocycles. The number of thioether (sulfide) groups is 1. The maximum Gasteiger partial charge on any atom is 0.316 e. The Labute approximate surface area is 182 Å².